The first-order valence-electron chi connectivity index (χ1n) is 7.02. The number of hydrogen-bond acceptors (Lipinski definition) is 1. The Morgan fingerprint density at radius 3 is 2.50 bits per heavy atom. The highest BCUT2D eigenvalue weighted by molar-refractivity contribution is 14.1. The molecular weight excluding hydrogens is 368 g/mol. The van der Waals surface area contributed by atoms with E-state index in [1.54, 1.807) is 6.07 Å². The Morgan fingerprint density at radius 1 is 1.35 bits per heavy atom. The molecule has 20 heavy (non-hydrogen) atoms. The maximum atomic E-state index is 13.1. The maximum absolute atomic E-state index is 13.1. The third-order valence-electron chi connectivity index (χ3n) is 4.34. The van der Waals surface area contributed by atoms with Gasteiger partial charge in [0.2, 0.25) is 0 Å². The van der Waals surface area contributed by atoms with Crippen molar-refractivity contribution in [2.45, 2.75) is 45.6 Å². The van der Waals surface area contributed by atoms with Crippen LogP contribution in [0.15, 0.2) is 18.2 Å². The summed E-state index contributed by atoms with van der Waals surface area (Å²) >= 11 is 2.02. The predicted octanol–water partition coefficient (Wildman–Crippen LogP) is 4.47. The Bertz CT molecular complexity index is 505. The van der Waals surface area contributed by atoms with Gasteiger partial charge in [0.15, 0.2) is 0 Å². The summed E-state index contributed by atoms with van der Waals surface area (Å²) < 4.78 is 13.8. The molecule has 0 unspecified atom stereocenters. The third-order valence-corrected chi connectivity index (χ3v) is 5.23. The number of nitrogens with zero attached hydrogens (tertiary/aromatic N) is 1. The van der Waals surface area contributed by atoms with E-state index < -0.39 is 0 Å². The highest BCUT2D eigenvalue weighted by Crippen LogP contribution is 2.37. The van der Waals surface area contributed by atoms with Gasteiger partial charge in [-0.05, 0) is 71.9 Å². The van der Waals surface area contributed by atoms with Crippen molar-refractivity contribution in [1.29, 1.82) is 0 Å². The second-order valence-corrected chi connectivity index (χ2v) is 7.60. The quantitative estimate of drug-likeness (QED) is 0.684. The molecule has 1 aliphatic rings. The molecule has 1 saturated carbocycles. The van der Waals surface area contributed by atoms with Crippen molar-refractivity contribution >= 4 is 28.5 Å². The van der Waals surface area contributed by atoms with Gasteiger partial charge in [0, 0.05) is 16.7 Å². The van der Waals surface area contributed by atoms with Crippen LogP contribution >= 0.6 is 22.6 Å². The fraction of sp³-hybridized carbons (Fsp3) is 0.562. The second kappa shape index (κ2) is 6.00. The van der Waals surface area contributed by atoms with Crippen molar-refractivity contribution in [2.75, 3.05) is 7.05 Å². The van der Waals surface area contributed by atoms with Crippen LogP contribution in [-0.4, -0.2) is 23.9 Å². The molecule has 1 fully saturated rings. The first-order valence-corrected chi connectivity index (χ1v) is 8.10. The lowest BCUT2D eigenvalue weighted by molar-refractivity contribution is 0.0634. The van der Waals surface area contributed by atoms with Crippen LogP contribution in [0.4, 0.5) is 4.39 Å². The number of amides is 1. The minimum Gasteiger partial charge on any atom is -0.339 e. The summed E-state index contributed by atoms with van der Waals surface area (Å²) in [5.41, 5.74) is 0.990. The Labute approximate surface area is 133 Å². The number of hydrogen-bond donors (Lipinski definition) is 0. The van der Waals surface area contributed by atoms with Gasteiger partial charge in [0.05, 0.1) is 5.56 Å². The first-order chi connectivity index (χ1) is 9.30. The van der Waals surface area contributed by atoms with Crippen LogP contribution in [0.5, 0.6) is 0 Å². The molecule has 0 atom stereocenters. The average molecular weight is 389 g/mol. The van der Waals surface area contributed by atoms with E-state index in [9.17, 15) is 9.18 Å². The molecule has 0 saturated heterocycles. The lowest BCUT2D eigenvalue weighted by Crippen LogP contribution is -2.41. The molecule has 0 heterocycles. The Morgan fingerprint density at radius 2 is 1.95 bits per heavy atom. The molecule has 4 heteroatoms. The molecular formula is C16H21FINO. The minimum absolute atomic E-state index is 0.000828. The molecule has 0 aromatic heterocycles. The van der Waals surface area contributed by atoms with Gasteiger partial charge in [-0.25, -0.2) is 4.39 Å². The van der Waals surface area contributed by atoms with E-state index in [0.29, 0.717) is 20.6 Å². The van der Waals surface area contributed by atoms with Crippen LogP contribution in [0.2, 0.25) is 0 Å². The van der Waals surface area contributed by atoms with Gasteiger partial charge in [-0.1, -0.05) is 13.8 Å². The molecule has 1 aliphatic carbocycles. The molecule has 0 aliphatic heterocycles. The lowest BCUT2D eigenvalue weighted by Gasteiger charge is -2.38. The molecule has 0 N–H and O–H groups in total. The zero-order chi connectivity index (χ0) is 14.9. The molecule has 0 radical (unpaired) electrons. The number of rotatable bonds is 2. The number of carbonyl (C=O) groups is 1. The largest absolute Gasteiger partial charge is 0.339 e. The van der Waals surface area contributed by atoms with Gasteiger partial charge < -0.3 is 4.90 Å². The zero-order valence-corrected chi connectivity index (χ0v) is 14.4. The van der Waals surface area contributed by atoms with Gasteiger partial charge in [-0.3, -0.25) is 4.79 Å². The second-order valence-electron chi connectivity index (χ2n) is 6.44. The van der Waals surface area contributed by atoms with Crippen molar-refractivity contribution in [3.8, 4) is 0 Å². The van der Waals surface area contributed by atoms with Crippen molar-refractivity contribution in [3.05, 3.63) is 33.1 Å². The van der Waals surface area contributed by atoms with E-state index in [2.05, 4.69) is 13.8 Å². The van der Waals surface area contributed by atoms with Crippen LogP contribution in [0, 0.1) is 14.8 Å². The van der Waals surface area contributed by atoms with Crippen molar-refractivity contribution < 1.29 is 9.18 Å². The Hall–Kier alpha value is -0.650. The minimum atomic E-state index is -0.298. The molecule has 2 rings (SSSR count). The van der Waals surface area contributed by atoms with Gasteiger partial charge in [0.25, 0.3) is 5.91 Å². The summed E-state index contributed by atoms with van der Waals surface area (Å²) in [6, 6.07) is 4.65. The van der Waals surface area contributed by atoms with E-state index in [-0.39, 0.29) is 11.7 Å². The maximum Gasteiger partial charge on any atom is 0.254 e. The Balaban J connectivity index is 2.09. The summed E-state index contributed by atoms with van der Waals surface area (Å²) in [7, 11) is 1.87. The standard InChI is InChI=1S/C16H21FINO/c1-16(2)8-6-12(7-9-16)19(3)15(20)13-5-4-11(17)10-14(13)18/h4-5,10,12H,6-9H2,1-3H3. The van der Waals surface area contributed by atoms with Crippen LogP contribution < -0.4 is 0 Å². The monoisotopic (exact) mass is 389 g/mol. The topological polar surface area (TPSA) is 20.3 Å². The zero-order valence-electron chi connectivity index (χ0n) is 12.2. The van der Waals surface area contributed by atoms with Crippen molar-refractivity contribution in [2.24, 2.45) is 5.41 Å². The molecule has 1 aromatic carbocycles. The van der Waals surface area contributed by atoms with E-state index in [0.717, 1.165) is 25.7 Å². The van der Waals surface area contributed by atoms with Gasteiger partial charge in [0.1, 0.15) is 5.82 Å². The Kier molecular flexibility index (Phi) is 4.72. The SMILES string of the molecule is CN(C(=O)c1ccc(F)cc1I)C1CCC(C)(C)CC1. The summed E-state index contributed by atoms with van der Waals surface area (Å²) in [6.07, 6.45) is 4.39. The molecule has 110 valence electrons. The lowest BCUT2D eigenvalue weighted by atomic mass is 9.75. The van der Waals surface area contributed by atoms with Crippen molar-refractivity contribution in [1.82, 2.24) is 4.90 Å². The molecule has 1 aromatic rings. The van der Waals surface area contributed by atoms with E-state index in [1.165, 1.54) is 12.1 Å². The number of carbonyl (C=O) groups excluding carboxylic acids is 1. The van der Waals surface area contributed by atoms with E-state index in [1.807, 2.05) is 34.5 Å². The van der Waals surface area contributed by atoms with Crippen LogP contribution in [-0.2, 0) is 0 Å². The smallest absolute Gasteiger partial charge is 0.254 e. The highest BCUT2D eigenvalue weighted by atomic mass is 127. The number of benzene rings is 1. The molecule has 2 nitrogen and oxygen atoms in total. The highest BCUT2D eigenvalue weighted by Gasteiger charge is 2.31. The summed E-state index contributed by atoms with van der Waals surface area (Å²) in [5.74, 6) is -0.299. The molecule has 0 bridgehead atoms. The summed E-state index contributed by atoms with van der Waals surface area (Å²) in [4.78, 5) is 14.4. The normalized spacial score (nSPS) is 18.9. The van der Waals surface area contributed by atoms with Crippen molar-refractivity contribution in [3.63, 3.8) is 0 Å². The third kappa shape index (κ3) is 3.51. The van der Waals surface area contributed by atoms with Crippen LogP contribution in [0.1, 0.15) is 49.9 Å². The van der Waals surface area contributed by atoms with Gasteiger partial charge >= 0.3 is 0 Å². The van der Waals surface area contributed by atoms with E-state index in [4.69, 9.17) is 0 Å². The van der Waals surface area contributed by atoms with Gasteiger partial charge in [-0.2, -0.15) is 0 Å². The first kappa shape index (κ1) is 15.7. The number of halogens is 2. The van der Waals surface area contributed by atoms with Gasteiger partial charge in [-0.15, -0.1) is 0 Å². The van der Waals surface area contributed by atoms with E-state index >= 15 is 0 Å². The summed E-state index contributed by atoms with van der Waals surface area (Å²) in [5, 5.41) is 0. The molecule has 1 amide bonds. The predicted molar refractivity (Wildman–Crippen MR) is 87.2 cm³/mol. The molecule has 0 spiro atoms. The van der Waals surface area contributed by atoms with Crippen LogP contribution in [0.3, 0.4) is 0 Å². The fourth-order valence-electron chi connectivity index (χ4n) is 2.79. The fourth-order valence-corrected chi connectivity index (χ4v) is 3.50. The summed E-state index contributed by atoms with van der Waals surface area (Å²) in [6.45, 7) is 4.57. The van der Waals surface area contributed by atoms with Crippen LogP contribution in [0.25, 0.3) is 0 Å². The average Bonchev–Trinajstić information content (AvgIpc) is 2.37.